The SMILES string of the molecule is Cc1oc(-c2ccco2)nc1CN1CCC(CNc2ccccn2)C1. The maximum atomic E-state index is 5.75. The molecule has 1 unspecified atom stereocenters. The molecule has 4 rings (SSSR count). The Morgan fingerprint density at radius 3 is 3.04 bits per heavy atom. The van der Waals surface area contributed by atoms with Gasteiger partial charge in [-0.2, -0.15) is 0 Å². The summed E-state index contributed by atoms with van der Waals surface area (Å²) in [5.41, 5.74) is 0.990. The number of nitrogens with one attached hydrogen (secondary N) is 1. The highest BCUT2D eigenvalue weighted by Crippen LogP contribution is 2.25. The molecule has 0 aromatic carbocycles. The number of aromatic nitrogens is 2. The number of furan rings is 1. The average molecular weight is 338 g/mol. The van der Waals surface area contributed by atoms with Crippen molar-refractivity contribution in [3.8, 4) is 11.7 Å². The molecule has 0 saturated carbocycles. The number of hydrogen-bond donors (Lipinski definition) is 1. The zero-order valence-electron chi connectivity index (χ0n) is 14.3. The van der Waals surface area contributed by atoms with Crippen LogP contribution in [0.3, 0.4) is 0 Å². The summed E-state index contributed by atoms with van der Waals surface area (Å²) in [6.45, 7) is 5.86. The van der Waals surface area contributed by atoms with Crippen molar-refractivity contribution in [2.24, 2.45) is 5.92 Å². The lowest BCUT2D eigenvalue weighted by atomic mass is 10.1. The van der Waals surface area contributed by atoms with Crippen LogP contribution in [0.1, 0.15) is 17.9 Å². The molecular weight excluding hydrogens is 316 g/mol. The minimum Gasteiger partial charge on any atom is -0.459 e. The molecule has 0 radical (unpaired) electrons. The first-order chi connectivity index (χ1) is 12.3. The molecule has 1 aliphatic heterocycles. The Morgan fingerprint density at radius 2 is 2.24 bits per heavy atom. The highest BCUT2D eigenvalue weighted by Gasteiger charge is 2.24. The van der Waals surface area contributed by atoms with Crippen molar-refractivity contribution in [1.29, 1.82) is 0 Å². The van der Waals surface area contributed by atoms with Crippen molar-refractivity contribution in [3.05, 3.63) is 54.2 Å². The van der Waals surface area contributed by atoms with E-state index in [0.717, 1.165) is 43.5 Å². The van der Waals surface area contributed by atoms with E-state index in [1.54, 1.807) is 6.26 Å². The molecular formula is C19H22N4O2. The fourth-order valence-electron chi connectivity index (χ4n) is 3.23. The van der Waals surface area contributed by atoms with Gasteiger partial charge < -0.3 is 14.2 Å². The molecule has 1 atom stereocenters. The lowest BCUT2D eigenvalue weighted by Crippen LogP contribution is -2.23. The molecule has 130 valence electrons. The molecule has 0 spiro atoms. The number of oxazole rings is 1. The molecule has 0 bridgehead atoms. The standard InChI is InChI=1S/C19H22N4O2/c1-14-16(22-19(25-14)17-5-4-10-24-17)13-23-9-7-15(12-23)11-21-18-6-2-3-8-20-18/h2-6,8,10,15H,7,9,11-13H2,1H3,(H,20,21). The predicted molar refractivity (Wildman–Crippen MR) is 95.1 cm³/mol. The first-order valence-corrected chi connectivity index (χ1v) is 8.65. The van der Waals surface area contributed by atoms with Gasteiger partial charge >= 0.3 is 0 Å². The Hall–Kier alpha value is -2.60. The van der Waals surface area contributed by atoms with Crippen LogP contribution in [0.5, 0.6) is 0 Å². The van der Waals surface area contributed by atoms with E-state index < -0.39 is 0 Å². The van der Waals surface area contributed by atoms with Gasteiger partial charge in [0.15, 0.2) is 5.76 Å². The summed E-state index contributed by atoms with van der Waals surface area (Å²) in [4.78, 5) is 11.3. The van der Waals surface area contributed by atoms with Crippen LogP contribution in [0.2, 0.25) is 0 Å². The Bertz CT molecular complexity index is 798. The Balaban J connectivity index is 1.32. The number of aryl methyl sites for hydroxylation is 1. The summed E-state index contributed by atoms with van der Waals surface area (Å²) in [5.74, 6) is 3.66. The normalized spacial score (nSPS) is 17.9. The van der Waals surface area contributed by atoms with E-state index in [1.165, 1.54) is 6.42 Å². The molecule has 6 nitrogen and oxygen atoms in total. The molecule has 1 aliphatic rings. The molecule has 3 aromatic heterocycles. The minimum atomic E-state index is 0.560. The minimum absolute atomic E-state index is 0.560. The largest absolute Gasteiger partial charge is 0.459 e. The van der Waals surface area contributed by atoms with Crippen molar-refractivity contribution >= 4 is 5.82 Å². The van der Waals surface area contributed by atoms with Gasteiger partial charge in [-0.3, -0.25) is 4.90 Å². The van der Waals surface area contributed by atoms with Crippen molar-refractivity contribution in [3.63, 3.8) is 0 Å². The fourth-order valence-corrected chi connectivity index (χ4v) is 3.23. The van der Waals surface area contributed by atoms with E-state index in [2.05, 4.69) is 20.2 Å². The predicted octanol–water partition coefficient (Wildman–Crippen LogP) is 3.57. The van der Waals surface area contributed by atoms with Crippen LogP contribution in [0.4, 0.5) is 5.82 Å². The van der Waals surface area contributed by atoms with Crippen LogP contribution in [0, 0.1) is 12.8 Å². The maximum absolute atomic E-state index is 5.75. The molecule has 1 N–H and O–H groups in total. The number of rotatable bonds is 6. The third-order valence-corrected chi connectivity index (χ3v) is 4.60. The van der Waals surface area contributed by atoms with Gasteiger partial charge in [0.2, 0.25) is 0 Å². The van der Waals surface area contributed by atoms with Crippen LogP contribution in [0.25, 0.3) is 11.7 Å². The van der Waals surface area contributed by atoms with Gasteiger partial charge in [-0.1, -0.05) is 6.07 Å². The monoisotopic (exact) mass is 338 g/mol. The number of nitrogens with zero attached hydrogens (tertiary/aromatic N) is 3. The van der Waals surface area contributed by atoms with Gasteiger partial charge in [-0.25, -0.2) is 9.97 Å². The number of pyridine rings is 1. The lowest BCUT2D eigenvalue weighted by molar-refractivity contribution is 0.313. The molecule has 6 heteroatoms. The number of anilines is 1. The lowest BCUT2D eigenvalue weighted by Gasteiger charge is -2.15. The van der Waals surface area contributed by atoms with Crippen molar-refractivity contribution < 1.29 is 8.83 Å². The molecule has 4 heterocycles. The van der Waals surface area contributed by atoms with E-state index in [1.807, 2.05) is 43.5 Å². The van der Waals surface area contributed by atoms with Crippen LogP contribution in [-0.4, -0.2) is 34.5 Å². The van der Waals surface area contributed by atoms with E-state index >= 15 is 0 Å². The van der Waals surface area contributed by atoms with Crippen LogP contribution in [0.15, 0.2) is 51.6 Å². The number of likely N-dealkylation sites (tertiary alicyclic amines) is 1. The van der Waals surface area contributed by atoms with Crippen molar-refractivity contribution in [1.82, 2.24) is 14.9 Å². The second-order valence-electron chi connectivity index (χ2n) is 6.48. The molecule has 3 aromatic rings. The van der Waals surface area contributed by atoms with E-state index in [4.69, 9.17) is 8.83 Å². The van der Waals surface area contributed by atoms with Crippen molar-refractivity contribution in [2.75, 3.05) is 25.0 Å². The summed E-state index contributed by atoms with van der Waals surface area (Å²) < 4.78 is 11.1. The van der Waals surface area contributed by atoms with Gasteiger partial charge in [-0.15, -0.1) is 0 Å². The van der Waals surface area contributed by atoms with Crippen molar-refractivity contribution in [2.45, 2.75) is 19.9 Å². The third-order valence-electron chi connectivity index (χ3n) is 4.60. The average Bonchev–Trinajstić information content (AvgIpc) is 3.37. The first kappa shape index (κ1) is 15.9. The Labute approximate surface area is 146 Å². The molecule has 0 amide bonds. The molecule has 0 aliphatic carbocycles. The summed E-state index contributed by atoms with van der Waals surface area (Å²) in [7, 11) is 0. The third kappa shape index (κ3) is 3.74. The van der Waals surface area contributed by atoms with Crippen LogP contribution >= 0.6 is 0 Å². The zero-order chi connectivity index (χ0) is 17.1. The van der Waals surface area contributed by atoms with E-state index in [0.29, 0.717) is 17.6 Å². The maximum Gasteiger partial charge on any atom is 0.263 e. The highest BCUT2D eigenvalue weighted by molar-refractivity contribution is 5.44. The zero-order valence-corrected chi connectivity index (χ0v) is 14.3. The quantitative estimate of drug-likeness (QED) is 0.741. The van der Waals surface area contributed by atoms with Gasteiger partial charge in [0.25, 0.3) is 5.89 Å². The fraction of sp³-hybridized carbons (Fsp3) is 0.368. The second-order valence-corrected chi connectivity index (χ2v) is 6.48. The van der Waals surface area contributed by atoms with E-state index in [9.17, 15) is 0 Å². The van der Waals surface area contributed by atoms with Gasteiger partial charge in [0.1, 0.15) is 11.6 Å². The Morgan fingerprint density at radius 1 is 1.28 bits per heavy atom. The molecule has 1 fully saturated rings. The molecule has 1 saturated heterocycles. The van der Waals surface area contributed by atoms with Crippen LogP contribution in [-0.2, 0) is 6.54 Å². The smallest absolute Gasteiger partial charge is 0.263 e. The van der Waals surface area contributed by atoms with Gasteiger partial charge in [0, 0.05) is 25.8 Å². The Kier molecular flexibility index (Phi) is 4.52. The highest BCUT2D eigenvalue weighted by atomic mass is 16.4. The van der Waals surface area contributed by atoms with Gasteiger partial charge in [0.05, 0.1) is 12.0 Å². The topological polar surface area (TPSA) is 67.3 Å². The summed E-state index contributed by atoms with van der Waals surface area (Å²) in [6.07, 6.45) is 4.63. The second kappa shape index (κ2) is 7.11. The van der Waals surface area contributed by atoms with Crippen LogP contribution < -0.4 is 5.32 Å². The van der Waals surface area contributed by atoms with Gasteiger partial charge in [-0.05, 0) is 50.1 Å². The summed E-state index contributed by atoms with van der Waals surface area (Å²) in [6, 6.07) is 9.64. The summed E-state index contributed by atoms with van der Waals surface area (Å²) in [5, 5.41) is 3.42. The summed E-state index contributed by atoms with van der Waals surface area (Å²) >= 11 is 0. The first-order valence-electron chi connectivity index (χ1n) is 8.65. The van der Waals surface area contributed by atoms with E-state index in [-0.39, 0.29) is 0 Å². The molecule has 25 heavy (non-hydrogen) atoms. The number of hydrogen-bond acceptors (Lipinski definition) is 6.